The van der Waals surface area contributed by atoms with Gasteiger partial charge in [0.25, 0.3) is 0 Å². The number of benzene rings is 1. The van der Waals surface area contributed by atoms with E-state index in [1.165, 1.54) is 11.0 Å². The SMILES string of the molecule is COc1cc(Nc2nc(N3C=CC=C(C(F)(F)F)C3)n(C(C)C)n2)ccc1-c1ccnc(C)c1. The Morgan fingerprint density at radius 3 is 2.62 bits per heavy atom. The number of ether oxygens (including phenoxy) is 1. The fraction of sp³-hybridized carbons (Fsp3) is 0.292. The van der Waals surface area contributed by atoms with Crippen molar-refractivity contribution in [1.82, 2.24) is 19.7 Å². The number of halogens is 3. The third kappa shape index (κ3) is 4.90. The molecule has 1 aliphatic rings. The van der Waals surface area contributed by atoms with E-state index in [0.29, 0.717) is 17.4 Å². The monoisotopic (exact) mass is 470 g/mol. The molecule has 0 bridgehead atoms. The van der Waals surface area contributed by atoms with Gasteiger partial charge in [-0.15, -0.1) is 5.10 Å². The molecule has 4 rings (SSSR count). The summed E-state index contributed by atoms with van der Waals surface area (Å²) >= 11 is 0. The molecule has 0 unspecified atom stereocenters. The number of methoxy groups -OCH3 is 1. The zero-order chi connectivity index (χ0) is 24.5. The number of pyridine rings is 1. The molecule has 1 aromatic carbocycles. The smallest absolute Gasteiger partial charge is 0.414 e. The second-order valence-corrected chi connectivity index (χ2v) is 8.16. The summed E-state index contributed by atoms with van der Waals surface area (Å²) in [5.74, 6) is 1.24. The van der Waals surface area contributed by atoms with E-state index in [1.807, 2.05) is 51.1 Å². The molecule has 3 aromatic rings. The Kier molecular flexibility index (Phi) is 6.32. The first-order valence-corrected chi connectivity index (χ1v) is 10.7. The van der Waals surface area contributed by atoms with Crippen LogP contribution in [-0.4, -0.2) is 39.6 Å². The largest absolute Gasteiger partial charge is 0.496 e. The molecule has 0 radical (unpaired) electrons. The molecular weight excluding hydrogens is 445 g/mol. The fourth-order valence-corrected chi connectivity index (χ4v) is 3.63. The summed E-state index contributed by atoms with van der Waals surface area (Å²) in [7, 11) is 1.59. The van der Waals surface area contributed by atoms with Gasteiger partial charge in [0.05, 0.1) is 25.3 Å². The molecule has 0 fully saturated rings. The van der Waals surface area contributed by atoms with Gasteiger partial charge in [-0.05, 0) is 56.7 Å². The van der Waals surface area contributed by atoms with Crippen molar-refractivity contribution in [2.45, 2.75) is 33.0 Å². The number of aromatic nitrogens is 4. The van der Waals surface area contributed by atoms with Gasteiger partial charge in [0.2, 0.25) is 11.9 Å². The average Bonchev–Trinajstić information content (AvgIpc) is 3.23. The zero-order valence-electron chi connectivity index (χ0n) is 19.3. The lowest BCUT2D eigenvalue weighted by Gasteiger charge is -2.25. The third-order valence-corrected chi connectivity index (χ3v) is 5.29. The Balaban J connectivity index is 1.61. The van der Waals surface area contributed by atoms with Gasteiger partial charge in [0.1, 0.15) is 5.75 Å². The van der Waals surface area contributed by atoms with Crippen LogP contribution in [0.5, 0.6) is 5.75 Å². The molecule has 7 nitrogen and oxygen atoms in total. The van der Waals surface area contributed by atoms with Crippen molar-refractivity contribution >= 4 is 17.6 Å². The van der Waals surface area contributed by atoms with Gasteiger partial charge in [-0.1, -0.05) is 6.08 Å². The maximum atomic E-state index is 13.2. The van der Waals surface area contributed by atoms with Crippen molar-refractivity contribution in [1.29, 1.82) is 0 Å². The number of aryl methyl sites for hydroxylation is 1. The Morgan fingerprint density at radius 1 is 1.15 bits per heavy atom. The van der Waals surface area contributed by atoms with Gasteiger partial charge in [0.15, 0.2) is 0 Å². The molecule has 0 saturated heterocycles. The van der Waals surface area contributed by atoms with Gasteiger partial charge in [0, 0.05) is 35.4 Å². The van der Waals surface area contributed by atoms with Crippen molar-refractivity contribution in [2.24, 2.45) is 0 Å². The molecule has 34 heavy (non-hydrogen) atoms. The van der Waals surface area contributed by atoms with Crippen LogP contribution in [0.15, 0.2) is 60.5 Å². The van der Waals surface area contributed by atoms with Crippen molar-refractivity contribution in [3.63, 3.8) is 0 Å². The average molecular weight is 470 g/mol. The Bertz CT molecular complexity index is 1250. The first-order valence-electron chi connectivity index (χ1n) is 10.7. The minimum absolute atomic E-state index is 0.112. The number of hydrogen-bond donors (Lipinski definition) is 1. The molecule has 2 aromatic heterocycles. The molecule has 1 aliphatic heterocycles. The molecule has 0 aliphatic carbocycles. The lowest BCUT2D eigenvalue weighted by molar-refractivity contribution is -0.0923. The maximum Gasteiger partial charge on any atom is 0.414 e. The van der Waals surface area contributed by atoms with Crippen LogP contribution in [0.2, 0.25) is 0 Å². The predicted octanol–water partition coefficient (Wildman–Crippen LogP) is 5.80. The highest BCUT2D eigenvalue weighted by Gasteiger charge is 2.36. The molecule has 0 spiro atoms. The van der Waals surface area contributed by atoms with E-state index in [0.717, 1.165) is 22.9 Å². The number of anilines is 3. The number of allylic oxidation sites excluding steroid dienone is 2. The Hall–Kier alpha value is -3.82. The number of rotatable bonds is 6. The highest BCUT2D eigenvalue weighted by Crippen LogP contribution is 2.34. The van der Waals surface area contributed by atoms with Crippen LogP contribution < -0.4 is 15.0 Å². The van der Waals surface area contributed by atoms with Crippen LogP contribution in [0.3, 0.4) is 0 Å². The third-order valence-electron chi connectivity index (χ3n) is 5.29. The van der Waals surface area contributed by atoms with Crippen LogP contribution in [0.1, 0.15) is 25.6 Å². The van der Waals surface area contributed by atoms with Crippen LogP contribution in [0.25, 0.3) is 11.1 Å². The first-order chi connectivity index (χ1) is 16.2. The quantitative estimate of drug-likeness (QED) is 0.491. The van der Waals surface area contributed by atoms with E-state index in [1.54, 1.807) is 24.2 Å². The molecular formula is C24H25F3N6O. The summed E-state index contributed by atoms with van der Waals surface area (Å²) in [6.45, 7) is 5.37. The van der Waals surface area contributed by atoms with E-state index in [9.17, 15) is 13.2 Å². The van der Waals surface area contributed by atoms with Crippen LogP contribution in [0, 0.1) is 6.92 Å². The molecule has 3 heterocycles. The van der Waals surface area contributed by atoms with Gasteiger partial charge in [-0.2, -0.15) is 18.2 Å². The molecule has 0 atom stereocenters. The van der Waals surface area contributed by atoms with Gasteiger partial charge >= 0.3 is 6.18 Å². The lowest BCUT2D eigenvalue weighted by Crippen LogP contribution is -2.30. The minimum Gasteiger partial charge on any atom is -0.496 e. The standard InChI is InChI=1S/C24H25F3N6O/c1-15(2)33-23(32-11-5-6-18(14-32)24(25,26)27)30-22(31-33)29-19-7-8-20(21(13-19)34-4)17-9-10-28-16(3)12-17/h5-13,15H,14H2,1-4H3,(H,29,31). The first kappa shape index (κ1) is 23.3. The Morgan fingerprint density at radius 2 is 1.94 bits per heavy atom. The summed E-state index contributed by atoms with van der Waals surface area (Å²) in [4.78, 5) is 10.2. The van der Waals surface area contributed by atoms with Gasteiger partial charge in [-0.3, -0.25) is 4.98 Å². The summed E-state index contributed by atoms with van der Waals surface area (Å²) in [5, 5.41) is 7.63. The van der Waals surface area contributed by atoms with E-state index in [4.69, 9.17) is 4.74 Å². The molecule has 10 heteroatoms. The van der Waals surface area contributed by atoms with Gasteiger partial charge in [-0.25, -0.2) is 4.68 Å². The highest BCUT2D eigenvalue weighted by atomic mass is 19.4. The summed E-state index contributed by atoms with van der Waals surface area (Å²) in [5.41, 5.74) is 2.82. The van der Waals surface area contributed by atoms with Crippen LogP contribution in [-0.2, 0) is 0 Å². The fourth-order valence-electron chi connectivity index (χ4n) is 3.63. The number of hydrogen-bond acceptors (Lipinski definition) is 6. The van der Waals surface area contributed by atoms with Crippen LogP contribution >= 0.6 is 0 Å². The second-order valence-electron chi connectivity index (χ2n) is 8.16. The maximum absolute atomic E-state index is 13.2. The molecule has 1 N–H and O–H groups in total. The van der Waals surface area contributed by atoms with E-state index in [-0.39, 0.29) is 18.5 Å². The number of nitrogens with one attached hydrogen (secondary N) is 1. The van der Waals surface area contributed by atoms with Crippen molar-refractivity contribution in [3.05, 3.63) is 66.1 Å². The number of alkyl halides is 3. The van der Waals surface area contributed by atoms with E-state index >= 15 is 0 Å². The zero-order valence-corrected chi connectivity index (χ0v) is 19.3. The molecule has 0 saturated carbocycles. The van der Waals surface area contributed by atoms with E-state index < -0.39 is 11.7 Å². The molecule has 0 amide bonds. The van der Waals surface area contributed by atoms with Crippen molar-refractivity contribution in [3.8, 4) is 16.9 Å². The topological polar surface area (TPSA) is 68.1 Å². The number of nitrogens with zero attached hydrogens (tertiary/aromatic N) is 5. The second kappa shape index (κ2) is 9.20. The molecule has 178 valence electrons. The predicted molar refractivity (Wildman–Crippen MR) is 125 cm³/mol. The van der Waals surface area contributed by atoms with E-state index in [2.05, 4.69) is 20.4 Å². The Labute approximate surface area is 195 Å². The highest BCUT2D eigenvalue weighted by molar-refractivity contribution is 5.74. The summed E-state index contributed by atoms with van der Waals surface area (Å²) in [6.07, 6.45) is 1.34. The van der Waals surface area contributed by atoms with Crippen molar-refractivity contribution in [2.75, 3.05) is 23.9 Å². The minimum atomic E-state index is -4.40. The summed E-state index contributed by atoms with van der Waals surface area (Å²) in [6, 6.07) is 9.38. The van der Waals surface area contributed by atoms with Crippen LogP contribution in [0.4, 0.5) is 30.8 Å². The lowest BCUT2D eigenvalue weighted by atomic mass is 10.0. The summed E-state index contributed by atoms with van der Waals surface area (Å²) < 4.78 is 46.9. The normalized spacial score (nSPS) is 13.9. The van der Waals surface area contributed by atoms with Crippen molar-refractivity contribution < 1.29 is 17.9 Å². The van der Waals surface area contributed by atoms with Gasteiger partial charge < -0.3 is 15.0 Å².